The maximum atomic E-state index is 13.5. The highest BCUT2D eigenvalue weighted by Gasteiger charge is 2.64. The highest BCUT2D eigenvalue weighted by Crippen LogP contribution is 2.57. The largest absolute Gasteiger partial charge is 0.383 e. The van der Waals surface area contributed by atoms with E-state index in [9.17, 15) is 9.59 Å². The molecule has 1 aromatic rings. The number of rotatable bonds is 6. The van der Waals surface area contributed by atoms with Gasteiger partial charge in [0.1, 0.15) is 0 Å². The van der Waals surface area contributed by atoms with Crippen molar-refractivity contribution in [2.24, 2.45) is 10.8 Å². The summed E-state index contributed by atoms with van der Waals surface area (Å²) in [5, 5.41) is 3.07. The molecule has 3 heterocycles. The fraction of sp³-hybridized carbons (Fsp3) is 0.680. The van der Waals surface area contributed by atoms with Gasteiger partial charge >= 0.3 is 6.03 Å². The molecule has 0 bridgehead atoms. The Balaban J connectivity index is 1.46. The number of carbonyl (C=O) groups is 2. The highest BCUT2D eigenvalue weighted by molar-refractivity contribution is 5.90. The highest BCUT2D eigenvalue weighted by atomic mass is 16.5. The number of ether oxygens (including phenoxy) is 1. The number of piperidine rings is 1. The molecule has 3 saturated heterocycles. The quantitative estimate of drug-likeness (QED) is 0.735. The van der Waals surface area contributed by atoms with Gasteiger partial charge in [0, 0.05) is 64.0 Å². The van der Waals surface area contributed by atoms with Gasteiger partial charge in [-0.1, -0.05) is 19.1 Å². The number of fused-ring (bicyclic) bond motifs is 1. The Morgan fingerprint density at radius 1 is 1.12 bits per heavy atom. The molecule has 176 valence electrons. The molecule has 0 saturated carbocycles. The van der Waals surface area contributed by atoms with Gasteiger partial charge in [0.2, 0.25) is 5.91 Å². The van der Waals surface area contributed by atoms with Crippen molar-refractivity contribution in [3.05, 3.63) is 29.8 Å². The Morgan fingerprint density at radius 3 is 2.56 bits per heavy atom. The summed E-state index contributed by atoms with van der Waals surface area (Å²) in [5.41, 5.74) is 1.70. The number of hydrogen-bond donors (Lipinski definition) is 1. The first-order valence-corrected chi connectivity index (χ1v) is 12.1. The lowest BCUT2D eigenvalue weighted by Crippen LogP contribution is -2.54. The van der Waals surface area contributed by atoms with Gasteiger partial charge in [0.15, 0.2) is 0 Å². The maximum absolute atomic E-state index is 13.5. The van der Waals surface area contributed by atoms with Crippen molar-refractivity contribution in [2.75, 3.05) is 64.8 Å². The molecule has 3 aliphatic rings. The van der Waals surface area contributed by atoms with Crippen molar-refractivity contribution in [3.63, 3.8) is 0 Å². The van der Waals surface area contributed by atoms with Crippen LogP contribution < -0.4 is 5.32 Å². The van der Waals surface area contributed by atoms with E-state index in [2.05, 4.69) is 30.1 Å². The van der Waals surface area contributed by atoms with Crippen molar-refractivity contribution in [1.29, 1.82) is 0 Å². The van der Waals surface area contributed by atoms with Crippen LogP contribution in [-0.2, 0) is 16.0 Å². The monoisotopic (exact) mass is 442 g/mol. The Kier molecular flexibility index (Phi) is 6.77. The summed E-state index contributed by atoms with van der Waals surface area (Å²) in [6, 6.07) is 8.01. The zero-order chi connectivity index (χ0) is 22.8. The Bertz CT molecular complexity index is 836. The van der Waals surface area contributed by atoms with Crippen molar-refractivity contribution < 1.29 is 14.3 Å². The van der Waals surface area contributed by atoms with Gasteiger partial charge in [-0.05, 0) is 50.3 Å². The van der Waals surface area contributed by atoms with Crippen LogP contribution in [0, 0.1) is 10.8 Å². The molecule has 7 heteroatoms. The summed E-state index contributed by atoms with van der Waals surface area (Å²) in [7, 11) is 1.73. The lowest BCUT2D eigenvalue weighted by Gasteiger charge is -2.47. The predicted octanol–water partition coefficient (Wildman–Crippen LogP) is 3.06. The summed E-state index contributed by atoms with van der Waals surface area (Å²) >= 11 is 0. The first-order valence-electron chi connectivity index (χ1n) is 12.1. The van der Waals surface area contributed by atoms with E-state index >= 15 is 0 Å². The number of methoxy groups -OCH3 is 1. The van der Waals surface area contributed by atoms with E-state index in [1.165, 1.54) is 5.56 Å². The molecule has 32 heavy (non-hydrogen) atoms. The SMILES string of the molecule is CCc1cccc(NC(=O)N2CCC3(CC2)CN(CCOC)C[C@@]32CCN(CC)C2=O)c1. The molecule has 1 N–H and O–H groups in total. The topological polar surface area (TPSA) is 65.1 Å². The summed E-state index contributed by atoms with van der Waals surface area (Å²) in [4.78, 5) is 32.9. The number of benzene rings is 1. The number of amides is 3. The van der Waals surface area contributed by atoms with Crippen molar-refractivity contribution in [3.8, 4) is 0 Å². The molecule has 3 fully saturated rings. The van der Waals surface area contributed by atoms with Crippen LogP contribution in [0.2, 0.25) is 0 Å². The number of carbonyl (C=O) groups excluding carboxylic acids is 2. The number of hydrogen-bond acceptors (Lipinski definition) is 4. The van der Waals surface area contributed by atoms with Gasteiger partial charge in [-0.3, -0.25) is 9.69 Å². The molecule has 0 radical (unpaired) electrons. The minimum Gasteiger partial charge on any atom is -0.383 e. The molecular formula is C25H38N4O3. The number of anilines is 1. The minimum absolute atomic E-state index is 0.0377. The van der Waals surface area contributed by atoms with E-state index in [1.807, 2.05) is 28.0 Å². The number of likely N-dealkylation sites (tertiary alicyclic amines) is 3. The van der Waals surface area contributed by atoms with E-state index in [-0.39, 0.29) is 16.9 Å². The van der Waals surface area contributed by atoms with Gasteiger partial charge in [-0.2, -0.15) is 0 Å². The molecule has 0 aliphatic carbocycles. The Morgan fingerprint density at radius 2 is 1.91 bits per heavy atom. The summed E-state index contributed by atoms with van der Waals surface area (Å²) in [5.74, 6) is 0.328. The van der Waals surface area contributed by atoms with Crippen molar-refractivity contribution in [2.45, 2.75) is 39.5 Å². The second-order valence-corrected chi connectivity index (χ2v) is 9.67. The normalized spacial score (nSPS) is 25.3. The van der Waals surface area contributed by atoms with Gasteiger partial charge in [0.05, 0.1) is 12.0 Å². The third-order valence-corrected chi connectivity index (χ3v) is 8.13. The van der Waals surface area contributed by atoms with Crippen molar-refractivity contribution >= 4 is 17.6 Å². The molecular weight excluding hydrogens is 404 g/mol. The van der Waals surface area contributed by atoms with Crippen LogP contribution in [0.15, 0.2) is 24.3 Å². The van der Waals surface area contributed by atoms with Gasteiger partial charge in [-0.25, -0.2) is 4.79 Å². The molecule has 1 aromatic carbocycles. The number of aryl methyl sites for hydroxylation is 1. The van der Waals surface area contributed by atoms with E-state index in [1.54, 1.807) is 7.11 Å². The first kappa shape index (κ1) is 23.1. The van der Waals surface area contributed by atoms with Gasteiger partial charge in [-0.15, -0.1) is 0 Å². The number of nitrogens with one attached hydrogen (secondary N) is 1. The maximum Gasteiger partial charge on any atom is 0.321 e. The summed E-state index contributed by atoms with van der Waals surface area (Å²) in [6.07, 6.45) is 3.63. The number of urea groups is 1. The van der Waals surface area contributed by atoms with Crippen LogP contribution in [0.4, 0.5) is 10.5 Å². The molecule has 3 amide bonds. The second-order valence-electron chi connectivity index (χ2n) is 9.67. The van der Waals surface area contributed by atoms with Gasteiger partial charge < -0.3 is 19.9 Å². The Labute approximate surface area is 192 Å². The lowest BCUT2D eigenvalue weighted by molar-refractivity contribution is -0.141. The van der Waals surface area contributed by atoms with Gasteiger partial charge in [0.25, 0.3) is 0 Å². The third kappa shape index (κ3) is 4.01. The fourth-order valence-electron chi connectivity index (χ4n) is 6.19. The zero-order valence-electron chi connectivity index (χ0n) is 19.9. The average molecular weight is 443 g/mol. The predicted molar refractivity (Wildman–Crippen MR) is 126 cm³/mol. The van der Waals surface area contributed by atoms with Crippen LogP contribution in [0.25, 0.3) is 0 Å². The van der Waals surface area contributed by atoms with E-state index < -0.39 is 0 Å². The molecule has 2 spiro atoms. The first-order chi connectivity index (χ1) is 15.5. The second kappa shape index (κ2) is 9.40. The van der Waals surface area contributed by atoms with E-state index in [0.29, 0.717) is 25.6 Å². The standard InChI is InChI=1S/C25H38N4O3/c1-4-20-7-6-8-21(17-20)26-23(31)29-12-9-24(10-13-29)18-27(15-16-32-3)19-25(24)11-14-28(5-2)22(25)30/h6-8,17H,4-5,9-16,18-19H2,1-3H3,(H,26,31)/t25-/m1/s1. The number of nitrogens with zero attached hydrogens (tertiary/aromatic N) is 3. The van der Waals surface area contributed by atoms with Crippen LogP contribution in [0.3, 0.4) is 0 Å². The third-order valence-electron chi connectivity index (χ3n) is 8.13. The average Bonchev–Trinajstić information content (AvgIpc) is 3.30. The van der Waals surface area contributed by atoms with Crippen LogP contribution in [-0.4, -0.2) is 86.2 Å². The fourth-order valence-corrected chi connectivity index (χ4v) is 6.19. The molecule has 4 rings (SSSR count). The summed E-state index contributed by atoms with van der Waals surface area (Å²) in [6.45, 7) is 10.5. The molecule has 1 atom stereocenters. The molecule has 0 aromatic heterocycles. The van der Waals surface area contributed by atoms with Crippen molar-refractivity contribution in [1.82, 2.24) is 14.7 Å². The molecule has 3 aliphatic heterocycles. The minimum atomic E-state index is -0.311. The molecule has 0 unspecified atom stereocenters. The van der Waals surface area contributed by atoms with E-state index in [0.717, 1.165) is 64.1 Å². The Hall–Kier alpha value is -2.12. The smallest absolute Gasteiger partial charge is 0.321 e. The van der Waals surface area contributed by atoms with Crippen LogP contribution in [0.1, 0.15) is 38.7 Å². The summed E-state index contributed by atoms with van der Waals surface area (Å²) < 4.78 is 5.32. The van der Waals surface area contributed by atoms with E-state index in [4.69, 9.17) is 4.74 Å². The van der Waals surface area contributed by atoms with Crippen LogP contribution >= 0.6 is 0 Å². The zero-order valence-corrected chi connectivity index (χ0v) is 19.9. The lowest BCUT2D eigenvalue weighted by atomic mass is 9.60. The van der Waals surface area contributed by atoms with Crippen LogP contribution in [0.5, 0.6) is 0 Å². The molecule has 7 nitrogen and oxygen atoms in total.